The van der Waals surface area contributed by atoms with Crippen LogP contribution in [-0.2, 0) is 0 Å². The minimum atomic E-state index is 0.175. The average Bonchev–Trinajstić information content (AvgIpc) is 3.02. The van der Waals surface area contributed by atoms with Crippen molar-refractivity contribution in [2.75, 3.05) is 0 Å². The molecule has 17 heavy (non-hydrogen) atoms. The van der Waals surface area contributed by atoms with Gasteiger partial charge in [0.1, 0.15) is 17.4 Å². The zero-order valence-corrected chi connectivity index (χ0v) is 8.88. The molecule has 3 rings (SSSR count). The van der Waals surface area contributed by atoms with E-state index in [1.807, 2.05) is 6.07 Å². The van der Waals surface area contributed by atoms with Crippen molar-refractivity contribution in [1.29, 1.82) is 0 Å². The minimum Gasteiger partial charge on any atom is -0.507 e. The van der Waals surface area contributed by atoms with Gasteiger partial charge in [0.25, 0.3) is 0 Å². The van der Waals surface area contributed by atoms with E-state index in [2.05, 4.69) is 19.9 Å². The lowest BCUT2D eigenvalue weighted by Gasteiger charge is -2.07. The number of aromatic amines is 2. The first-order valence-corrected chi connectivity index (χ1v) is 5.18. The number of nitrogens with one attached hydrogen (secondary N) is 2. The van der Waals surface area contributed by atoms with Gasteiger partial charge < -0.3 is 15.1 Å². The molecular formula is C12H10N4O. The van der Waals surface area contributed by atoms with E-state index in [1.54, 1.807) is 36.9 Å². The van der Waals surface area contributed by atoms with Crippen LogP contribution in [0.1, 0.15) is 0 Å². The van der Waals surface area contributed by atoms with Crippen LogP contribution >= 0.6 is 0 Å². The Kier molecular flexibility index (Phi) is 2.15. The fourth-order valence-corrected chi connectivity index (χ4v) is 1.80. The number of nitrogens with zero attached hydrogens (tertiary/aromatic N) is 2. The maximum Gasteiger partial charge on any atom is 0.141 e. The molecule has 1 aromatic carbocycles. The summed E-state index contributed by atoms with van der Waals surface area (Å²) in [6.45, 7) is 0. The molecule has 0 radical (unpaired) electrons. The molecule has 84 valence electrons. The Morgan fingerprint density at radius 3 is 2.29 bits per heavy atom. The number of imidazole rings is 2. The number of benzene rings is 1. The van der Waals surface area contributed by atoms with Crippen LogP contribution in [0.3, 0.4) is 0 Å². The summed E-state index contributed by atoms with van der Waals surface area (Å²) in [5.74, 6) is 1.50. The number of aromatic hydroxyl groups is 1. The van der Waals surface area contributed by atoms with Crippen LogP contribution in [0.25, 0.3) is 22.8 Å². The van der Waals surface area contributed by atoms with E-state index in [9.17, 15) is 5.11 Å². The molecule has 0 saturated carbocycles. The number of aromatic nitrogens is 4. The highest BCUT2D eigenvalue weighted by atomic mass is 16.3. The Balaban J connectivity index is 2.26. The van der Waals surface area contributed by atoms with Gasteiger partial charge in [0.05, 0.1) is 5.56 Å². The quantitative estimate of drug-likeness (QED) is 0.626. The van der Waals surface area contributed by atoms with Gasteiger partial charge in [-0.05, 0) is 6.07 Å². The molecule has 0 fully saturated rings. The lowest BCUT2D eigenvalue weighted by atomic mass is 10.1. The Hall–Kier alpha value is -2.56. The molecular weight excluding hydrogens is 216 g/mol. The predicted octanol–water partition coefficient (Wildman–Crippen LogP) is 2.17. The van der Waals surface area contributed by atoms with E-state index in [1.165, 1.54) is 0 Å². The molecule has 0 amide bonds. The molecule has 5 heteroatoms. The molecule has 0 saturated heterocycles. The number of phenolic OH excluding ortho intramolecular Hbond substituents is 1. The number of hydrogen-bond donors (Lipinski definition) is 3. The van der Waals surface area contributed by atoms with E-state index in [0.717, 1.165) is 5.56 Å². The number of H-pyrrole nitrogens is 2. The molecule has 2 heterocycles. The second kappa shape index (κ2) is 3.79. The molecule has 0 unspecified atom stereocenters. The zero-order chi connectivity index (χ0) is 11.7. The second-order valence-corrected chi connectivity index (χ2v) is 3.58. The van der Waals surface area contributed by atoms with Gasteiger partial charge in [-0.2, -0.15) is 0 Å². The number of hydrogen-bond acceptors (Lipinski definition) is 3. The van der Waals surface area contributed by atoms with Gasteiger partial charge in [0.15, 0.2) is 0 Å². The smallest absolute Gasteiger partial charge is 0.141 e. The zero-order valence-electron chi connectivity index (χ0n) is 8.88. The van der Waals surface area contributed by atoms with Crippen LogP contribution in [0, 0.1) is 0 Å². The fraction of sp³-hybridized carbons (Fsp3) is 0. The molecule has 0 atom stereocenters. The molecule has 3 N–H and O–H groups in total. The van der Waals surface area contributed by atoms with Crippen molar-refractivity contribution in [3.8, 4) is 28.5 Å². The van der Waals surface area contributed by atoms with Gasteiger partial charge in [-0.1, -0.05) is 12.1 Å². The van der Waals surface area contributed by atoms with Gasteiger partial charge in [0, 0.05) is 30.4 Å². The summed E-state index contributed by atoms with van der Waals surface area (Å²) < 4.78 is 0. The van der Waals surface area contributed by atoms with E-state index in [0.29, 0.717) is 17.2 Å². The minimum absolute atomic E-state index is 0.175. The van der Waals surface area contributed by atoms with E-state index in [4.69, 9.17) is 0 Å². The average molecular weight is 226 g/mol. The summed E-state index contributed by atoms with van der Waals surface area (Å²) in [7, 11) is 0. The first-order chi connectivity index (χ1) is 8.36. The first-order valence-electron chi connectivity index (χ1n) is 5.18. The Labute approximate surface area is 97.2 Å². The van der Waals surface area contributed by atoms with Gasteiger partial charge in [-0.15, -0.1) is 0 Å². The van der Waals surface area contributed by atoms with E-state index >= 15 is 0 Å². The summed E-state index contributed by atoms with van der Waals surface area (Å²) in [5, 5.41) is 9.96. The van der Waals surface area contributed by atoms with Crippen LogP contribution in [0.2, 0.25) is 0 Å². The Bertz CT molecular complexity index is 614. The molecule has 5 nitrogen and oxygen atoms in total. The number of phenols is 1. The third-order valence-electron chi connectivity index (χ3n) is 2.53. The van der Waals surface area contributed by atoms with Crippen LogP contribution in [-0.4, -0.2) is 25.0 Å². The van der Waals surface area contributed by atoms with Crippen molar-refractivity contribution in [2.24, 2.45) is 0 Å². The largest absolute Gasteiger partial charge is 0.507 e. The maximum absolute atomic E-state index is 9.96. The molecule has 3 aromatic rings. The van der Waals surface area contributed by atoms with Crippen LogP contribution in [0.4, 0.5) is 0 Å². The monoisotopic (exact) mass is 226 g/mol. The summed E-state index contributed by atoms with van der Waals surface area (Å²) >= 11 is 0. The molecule has 0 bridgehead atoms. The molecule has 0 aliphatic rings. The van der Waals surface area contributed by atoms with E-state index in [-0.39, 0.29) is 5.75 Å². The van der Waals surface area contributed by atoms with Crippen molar-refractivity contribution in [1.82, 2.24) is 19.9 Å². The molecule has 2 aromatic heterocycles. The van der Waals surface area contributed by atoms with Gasteiger partial charge >= 0.3 is 0 Å². The summed E-state index contributed by atoms with van der Waals surface area (Å²) in [6, 6.07) is 5.29. The second-order valence-electron chi connectivity index (χ2n) is 3.58. The summed E-state index contributed by atoms with van der Waals surface area (Å²) in [4.78, 5) is 14.4. The summed E-state index contributed by atoms with van der Waals surface area (Å²) in [6.07, 6.45) is 6.78. The Morgan fingerprint density at radius 1 is 0.941 bits per heavy atom. The van der Waals surface area contributed by atoms with Gasteiger partial charge in [0.2, 0.25) is 0 Å². The molecule has 0 aliphatic heterocycles. The normalized spacial score (nSPS) is 10.6. The fourth-order valence-electron chi connectivity index (χ4n) is 1.80. The first kappa shape index (κ1) is 9.65. The van der Waals surface area contributed by atoms with Gasteiger partial charge in [-0.25, -0.2) is 9.97 Å². The highest BCUT2D eigenvalue weighted by Crippen LogP contribution is 2.35. The van der Waals surface area contributed by atoms with Crippen molar-refractivity contribution in [3.63, 3.8) is 0 Å². The van der Waals surface area contributed by atoms with Gasteiger partial charge in [-0.3, -0.25) is 0 Å². The Morgan fingerprint density at radius 2 is 1.65 bits per heavy atom. The lowest BCUT2D eigenvalue weighted by molar-refractivity contribution is 0.477. The predicted molar refractivity (Wildman–Crippen MR) is 63.3 cm³/mol. The standard InChI is InChI=1S/C12H10N4O/c17-9-3-1-2-8(11-13-4-5-14-11)10(9)12-15-6-7-16-12/h1-7,17H,(H,13,14)(H,15,16). The van der Waals surface area contributed by atoms with Crippen LogP contribution in [0.5, 0.6) is 5.75 Å². The highest BCUT2D eigenvalue weighted by Gasteiger charge is 2.14. The lowest BCUT2D eigenvalue weighted by Crippen LogP contribution is -1.89. The third kappa shape index (κ3) is 1.57. The maximum atomic E-state index is 9.96. The van der Waals surface area contributed by atoms with Crippen LogP contribution < -0.4 is 0 Å². The highest BCUT2D eigenvalue weighted by molar-refractivity contribution is 5.81. The summed E-state index contributed by atoms with van der Waals surface area (Å²) in [5.41, 5.74) is 1.46. The third-order valence-corrected chi connectivity index (χ3v) is 2.53. The SMILES string of the molecule is Oc1cccc(-c2ncc[nH]2)c1-c1ncc[nH]1. The van der Waals surface area contributed by atoms with Crippen molar-refractivity contribution in [2.45, 2.75) is 0 Å². The van der Waals surface area contributed by atoms with E-state index < -0.39 is 0 Å². The van der Waals surface area contributed by atoms with Crippen molar-refractivity contribution < 1.29 is 5.11 Å². The number of rotatable bonds is 2. The van der Waals surface area contributed by atoms with Crippen molar-refractivity contribution >= 4 is 0 Å². The molecule has 0 spiro atoms. The van der Waals surface area contributed by atoms with Crippen molar-refractivity contribution in [3.05, 3.63) is 43.0 Å². The van der Waals surface area contributed by atoms with Crippen LogP contribution in [0.15, 0.2) is 43.0 Å². The molecule has 0 aliphatic carbocycles. The topological polar surface area (TPSA) is 77.6 Å².